The van der Waals surface area contributed by atoms with Crippen LogP contribution in [-0.4, -0.2) is 16.7 Å². The van der Waals surface area contributed by atoms with Gasteiger partial charge >= 0.3 is 0 Å². The van der Waals surface area contributed by atoms with E-state index in [-0.39, 0.29) is 12.1 Å². The predicted molar refractivity (Wildman–Crippen MR) is 73.5 cm³/mol. The predicted octanol–water partition coefficient (Wildman–Crippen LogP) is 3.09. The molecule has 0 spiro atoms. The number of ether oxygens (including phenoxy) is 1. The van der Waals surface area contributed by atoms with E-state index in [0.29, 0.717) is 11.6 Å². The van der Waals surface area contributed by atoms with E-state index in [4.69, 9.17) is 16.3 Å². The summed E-state index contributed by atoms with van der Waals surface area (Å²) in [5, 5.41) is 10.8. The Morgan fingerprint density at radius 2 is 2.30 bits per heavy atom. The van der Waals surface area contributed by atoms with Gasteiger partial charge in [-0.3, -0.25) is 4.98 Å². The van der Waals surface area contributed by atoms with Crippen molar-refractivity contribution in [3.05, 3.63) is 58.1 Å². The van der Waals surface area contributed by atoms with Crippen LogP contribution in [-0.2, 0) is 12.8 Å². The maximum absolute atomic E-state index is 13.6. The van der Waals surface area contributed by atoms with Crippen LogP contribution in [0, 0.1) is 5.82 Å². The van der Waals surface area contributed by atoms with Crippen LogP contribution in [0.5, 0.6) is 5.75 Å². The van der Waals surface area contributed by atoms with E-state index in [9.17, 15) is 9.50 Å². The zero-order valence-corrected chi connectivity index (χ0v) is 11.4. The molecule has 0 saturated carbocycles. The average Bonchev–Trinajstić information content (AvgIpc) is 2.87. The van der Waals surface area contributed by atoms with Crippen molar-refractivity contribution < 1.29 is 14.2 Å². The van der Waals surface area contributed by atoms with Gasteiger partial charge in [0.2, 0.25) is 0 Å². The van der Waals surface area contributed by atoms with Crippen molar-refractivity contribution >= 4 is 11.6 Å². The molecule has 1 unspecified atom stereocenters. The molecule has 1 aromatic heterocycles. The fourth-order valence-electron chi connectivity index (χ4n) is 2.45. The molecule has 3 rings (SSSR count). The molecule has 104 valence electrons. The number of hydrogen-bond acceptors (Lipinski definition) is 3. The molecule has 1 aromatic carbocycles. The second-order valence-corrected chi connectivity index (χ2v) is 5.18. The van der Waals surface area contributed by atoms with Crippen molar-refractivity contribution in [3.8, 4) is 5.75 Å². The minimum Gasteiger partial charge on any atom is -0.493 e. The van der Waals surface area contributed by atoms with Crippen molar-refractivity contribution in [1.82, 2.24) is 4.98 Å². The first-order valence-corrected chi connectivity index (χ1v) is 6.75. The highest BCUT2D eigenvalue weighted by atomic mass is 35.5. The first-order chi connectivity index (χ1) is 9.65. The number of nitrogens with zero attached hydrogens (tertiary/aromatic N) is 1. The highest BCUT2D eigenvalue weighted by Crippen LogP contribution is 2.35. The third-order valence-corrected chi connectivity index (χ3v) is 3.56. The van der Waals surface area contributed by atoms with Crippen molar-refractivity contribution in [2.75, 3.05) is 6.61 Å². The van der Waals surface area contributed by atoms with Crippen molar-refractivity contribution in [3.63, 3.8) is 0 Å². The van der Waals surface area contributed by atoms with E-state index in [0.717, 1.165) is 23.3 Å². The van der Waals surface area contributed by atoms with Crippen LogP contribution in [0.2, 0.25) is 5.02 Å². The summed E-state index contributed by atoms with van der Waals surface area (Å²) in [7, 11) is 0. The fraction of sp³-hybridized carbons (Fsp3) is 0.267. The van der Waals surface area contributed by atoms with E-state index < -0.39 is 11.9 Å². The number of fused-ring (bicyclic) bond motifs is 1. The molecule has 2 aromatic rings. The van der Waals surface area contributed by atoms with Gasteiger partial charge in [0.1, 0.15) is 23.4 Å². The molecule has 0 fully saturated rings. The Morgan fingerprint density at radius 3 is 3.10 bits per heavy atom. The SMILES string of the molecule is OC(Cc1cc(Cl)cc2c1OCC2)c1ncccc1F. The molecule has 0 amide bonds. The third kappa shape index (κ3) is 2.49. The van der Waals surface area contributed by atoms with Gasteiger partial charge in [-0.25, -0.2) is 4.39 Å². The van der Waals surface area contributed by atoms with Gasteiger partial charge < -0.3 is 9.84 Å². The Balaban J connectivity index is 1.90. The van der Waals surface area contributed by atoms with Crippen molar-refractivity contribution in [2.45, 2.75) is 18.9 Å². The summed E-state index contributed by atoms with van der Waals surface area (Å²) < 4.78 is 19.2. The first-order valence-electron chi connectivity index (χ1n) is 6.37. The van der Waals surface area contributed by atoms with Gasteiger partial charge in [0.25, 0.3) is 0 Å². The maximum atomic E-state index is 13.6. The second-order valence-electron chi connectivity index (χ2n) is 4.74. The quantitative estimate of drug-likeness (QED) is 0.945. The Morgan fingerprint density at radius 1 is 1.45 bits per heavy atom. The normalized spacial score (nSPS) is 14.8. The molecule has 3 nitrogen and oxygen atoms in total. The minimum absolute atomic E-state index is 0.0409. The number of rotatable bonds is 3. The number of aromatic nitrogens is 1. The molecule has 0 bridgehead atoms. The monoisotopic (exact) mass is 293 g/mol. The standard InChI is InChI=1S/C15H13ClFNO2/c16-11-6-9-3-5-20-15(9)10(7-11)8-13(19)14-12(17)2-1-4-18-14/h1-2,4,6-7,13,19H,3,5,8H2. The highest BCUT2D eigenvalue weighted by Gasteiger charge is 2.22. The number of hydrogen-bond donors (Lipinski definition) is 1. The van der Waals surface area contributed by atoms with E-state index >= 15 is 0 Å². The summed E-state index contributed by atoms with van der Waals surface area (Å²) in [5.74, 6) is 0.240. The zero-order valence-electron chi connectivity index (χ0n) is 10.6. The summed E-state index contributed by atoms with van der Waals surface area (Å²) in [4.78, 5) is 3.89. The number of aliphatic hydroxyl groups excluding tert-OH is 1. The molecule has 1 atom stereocenters. The fourth-order valence-corrected chi connectivity index (χ4v) is 2.71. The lowest BCUT2D eigenvalue weighted by Crippen LogP contribution is -2.07. The molecule has 5 heteroatoms. The molecule has 2 heterocycles. The molecular formula is C15H13ClFNO2. The smallest absolute Gasteiger partial charge is 0.147 e. The summed E-state index contributed by atoms with van der Waals surface area (Å²) in [6, 6.07) is 6.38. The summed E-state index contributed by atoms with van der Waals surface area (Å²) in [6.45, 7) is 0.608. The lowest BCUT2D eigenvalue weighted by atomic mass is 10.0. The van der Waals surface area contributed by atoms with E-state index in [1.807, 2.05) is 6.07 Å². The molecule has 1 N–H and O–H groups in total. The summed E-state index contributed by atoms with van der Waals surface area (Å²) in [6.07, 6.45) is 1.46. The number of aliphatic hydroxyl groups is 1. The lowest BCUT2D eigenvalue weighted by molar-refractivity contribution is 0.167. The van der Waals surface area contributed by atoms with Gasteiger partial charge in [-0.05, 0) is 35.4 Å². The molecule has 20 heavy (non-hydrogen) atoms. The van der Waals surface area contributed by atoms with Crippen LogP contribution in [0.3, 0.4) is 0 Å². The van der Waals surface area contributed by atoms with Gasteiger partial charge in [0.15, 0.2) is 0 Å². The van der Waals surface area contributed by atoms with Crippen LogP contribution in [0.25, 0.3) is 0 Å². The van der Waals surface area contributed by atoms with Gasteiger partial charge in [-0.1, -0.05) is 11.6 Å². The van der Waals surface area contributed by atoms with Gasteiger partial charge in [-0.2, -0.15) is 0 Å². The van der Waals surface area contributed by atoms with Crippen LogP contribution in [0.15, 0.2) is 30.5 Å². The lowest BCUT2D eigenvalue weighted by Gasteiger charge is -2.14. The highest BCUT2D eigenvalue weighted by molar-refractivity contribution is 6.30. The van der Waals surface area contributed by atoms with E-state index in [1.54, 1.807) is 6.07 Å². The van der Waals surface area contributed by atoms with Crippen molar-refractivity contribution in [1.29, 1.82) is 0 Å². The zero-order chi connectivity index (χ0) is 14.1. The Hall–Kier alpha value is -1.65. The third-order valence-electron chi connectivity index (χ3n) is 3.34. The van der Waals surface area contributed by atoms with Crippen LogP contribution >= 0.6 is 11.6 Å². The molecule has 0 radical (unpaired) electrons. The topological polar surface area (TPSA) is 42.4 Å². The van der Waals surface area contributed by atoms with Gasteiger partial charge in [-0.15, -0.1) is 0 Å². The number of pyridine rings is 1. The van der Waals surface area contributed by atoms with E-state index in [1.165, 1.54) is 18.3 Å². The first kappa shape index (κ1) is 13.3. The average molecular weight is 294 g/mol. The summed E-state index contributed by atoms with van der Waals surface area (Å²) in [5.41, 5.74) is 1.85. The minimum atomic E-state index is -1.03. The van der Waals surface area contributed by atoms with Gasteiger partial charge in [0, 0.05) is 24.1 Å². The number of halogens is 2. The summed E-state index contributed by atoms with van der Waals surface area (Å²) >= 11 is 6.06. The molecule has 0 aliphatic carbocycles. The Bertz CT molecular complexity index is 648. The second kappa shape index (κ2) is 5.38. The largest absolute Gasteiger partial charge is 0.493 e. The van der Waals surface area contributed by atoms with E-state index in [2.05, 4.69) is 4.98 Å². The van der Waals surface area contributed by atoms with Crippen molar-refractivity contribution in [2.24, 2.45) is 0 Å². The van der Waals surface area contributed by atoms with Crippen LogP contribution in [0.4, 0.5) is 4.39 Å². The molecule has 1 aliphatic rings. The Kier molecular flexibility index (Phi) is 3.59. The van der Waals surface area contributed by atoms with Crippen LogP contribution < -0.4 is 4.74 Å². The molecular weight excluding hydrogens is 281 g/mol. The van der Waals surface area contributed by atoms with Crippen LogP contribution in [0.1, 0.15) is 22.9 Å². The Labute approximate surface area is 121 Å². The number of benzene rings is 1. The molecule has 0 saturated heterocycles. The molecule has 1 aliphatic heterocycles. The van der Waals surface area contributed by atoms with Gasteiger partial charge in [0.05, 0.1) is 6.61 Å². The maximum Gasteiger partial charge on any atom is 0.147 e.